The van der Waals surface area contributed by atoms with E-state index < -0.39 is 0 Å². The molecule has 0 saturated heterocycles. The van der Waals surface area contributed by atoms with Gasteiger partial charge in [-0.2, -0.15) is 0 Å². The lowest BCUT2D eigenvalue weighted by Crippen LogP contribution is -2.14. The van der Waals surface area contributed by atoms with Crippen molar-refractivity contribution in [3.8, 4) is 17.2 Å². The Bertz CT molecular complexity index is 989. The van der Waals surface area contributed by atoms with Gasteiger partial charge in [0.25, 0.3) is 0 Å². The van der Waals surface area contributed by atoms with Crippen LogP contribution in [0.1, 0.15) is 75.3 Å². The van der Waals surface area contributed by atoms with E-state index in [9.17, 15) is 15.3 Å². The summed E-state index contributed by atoms with van der Waals surface area (Å²) in [5, 5.41) is 31.6. The molecule has 3 heteroatoms. The van der Waals surface area contributed by atoms with Gasteiger partial charge in [-0.25, -0.2) is 0 Å². The summed E-state index contributed by atoms with van der Waals surface area (Å²) in [4.78, 5) is 0. The fourth-order valence-corrected chi connectivity index (χ4v) is 3.95. The largest absolute Gasteiger partial charge is 0.508 e. The summed E-state index contributed by atoms with van der Waals surface area (Å²) in [6, 6.07) is 18.7. The lowest BCUT2D eigenvalue weighted by molar-refractivity contribution is 0.446. The number of hydrogen-bond acceptors (Lipinski definition) is 3. The third-order valence-electron chi connectivity index (χ3n) is 5.57. The van der Waals surface area contributed by atoms with Crippen molar-refractivity contribution in [1.82, 2.24) is 0 Å². The van der Waals surface area contributed by atoms with Crippen molar-refractivity contribution < 1.29 is 15.3 Å². The van der Waals surface area contributed by atoms with E-state index in [1.165, 1.54) is 0 Å². The normalized spacial score (nSPS) is 12.4. The van der Waals surface area contributed by atoms with Gasteiger partial charge in [-0.15, -0.1) is 0 Å². The molecule has 3 rings (SSSR count). The van der Waals surface area contributed by atoms with Crippen LogP contribution in [-0.2, 0) is 10.8 Å². The Labute approximate surface area is 179 Å². The number of phenols is 3. The number of phenolic OH excluding ortho intramolecular Hbond substituents is 3. The predicted octanol–water partition coefficient (Wildman–Crippen LogP) is 6.58. The topological polar surface area (TPSA) is 60.7 Å². The van der Waals surface area contributed by atoms with Gasteiger partial charge in [-0.1, -0.05) is 84.0 Å². The molecule has 0 fully saturated rings. The zero-order chi connectivity index (χ0) is 22.3. The second kappa shape index (κ2) is 7.71. The smallest absolute Gasteiger partial charge is 0.119 e. The molecule has 3 aromatic carbocycles. The standard InChI is InChI=1S/C27H32O3/c1-26(2,3)20-15-17(11-13-23(20)29)25(19-9-7-8-10-22(19)28)18-12-14-24(30)21(16-18)27(4,5)6/h7-16,25,28-30H,1-6H3. The van der Waals surface area contributed by atoms with E-state index in [-0.39, 0.29) is 34.0 Å². The summed E-state index contributed by atoms with van der Waals surface area (Å²) in [7, 11) is 0. The van der Waals surface area contributed by atoms with Crippen molar-refractivity contribution in [3.05, 3.63) is 88.5 Å². The molecule has 0 aliphatic heterocycles. The first-order valence-corrected chi connectivity index (χ1v) is 10.3. The quantitative estimate of drug-likeness (QED) is 0.432. The summed E-state index contributed by atoms with van der Waals surface area (Å²) < 4.78 is 0. The highest BCUT2D eigenvalue weighted by Crippen LogP contribution is 2.42. The minimum absolute atomic E-state index is 0.221. The van der Waals surface area contributed by atoms with E-state index in [1.807, 2.05) is 42.5 Å². The van der Waals surface area contributed by atoms with Crippen LogP contribution >= 0.6 is 0 Å². The summed E-state index contributed by atoms with van der Waals surface area (Å²) in [5.74, 6) is 0.514. The maximum absolute atomic E-state index is 10.7. The summed E-state index contributed by atoms with van der Waals surface area (Å²) in [5.41, 5.74) is 4.00. The van der Waals surface area contributed by atoms with Gasteiger partial charge < -0.3 is 15.3 Å². The summed E-state index contributed by atoms with van der Waals surface area (Å²) >= 11 is 0. The number of para-hydroxylation sites is 1. The third kappa shape index (κ3) is 4.30. The van der Waals surface area contributed by atoms with E-state index in [0.717, 1.165) is 27.8 Å². The van der Waals surface area contributed by atoms with Crippen LogP contribution in [0.5, 0.6) is 17.2 Å². The van der Waals surface area contributed by atoms with Gasteiger partial charge in [0.15, 0.2) is 0 Å². The molecule has 0 heterocycles. The first kappa shape index (κ1) is 21.8. The maximum atomic E-state index is 10.7. The van der Waals surface area contributed by atoms with E-state index in [4.69, 9.17) is 0 Å². The SMILES string of the molecule is CC(C)(C)c1cc(C(c2ccc(O)c(C(C)(C)C)c2)c2ccccc2O)ccc1O. The highest BCUT2D eigenvalue weighted by atomic mass is 16.3. The molecule has 3 N–H and O–H groups in total. The zero-order valence-electron chi connectivity index (χ0n) is 18.7. The first-order chi connectivity index (χ1) is 13.9. The van der Waals surface area contributed by atoms with Crippen molar-refractivity contribution in [3.63, 3.8) is 0 Å². The number of aromatic hydroxyl groups is 3. The molecule has 0 bridgehead atoms. The minimum atomic E-state index is -0.241. The lowest BCUT2D eigenvalue weighted by atomic mass is 9.78. The summed E-state index contributed by atoms with van der Waals surface area (Å²) in [6.07, 6.45) is 0. The Balaban J connectivity index is 2.29. The first-order valence-electron chi connectivity index (χ1n) is 10.3. The van der Waals surface area contributed by atoms with Gasteiger partial charge in [-0.3, -0.25) is 0 Å². The van der Waals surface area contributed by atoms with E-state index >= 15 is 0 Å². The highest BCUT2D eigenvalue weighted by molar-refractivity contribution is 5.54. The monoisotopic (exact) mass is 404 g/mol. The van der Waals surface area contributed by atoms with Crippen LogP contribution < -0.4 is 0 Å². The van der Waals surface area contributed by atoms with Crippen LogP contribution in [0.2, 0.25) is 0 Å². The molecular weight excluding hydrogens is 372 g/mol. The maximum Gasteiger partial charge on any atom is 0.119 e. The van der Waals surface area contributed by atoms with Gasteiger partial charge in [-0.05, 0) is 51.3 Å². The molecule has 158 valence electrons. The Morgan fingerprint density at radius 2 is 1.00 bits per heavy atom. The predicted molar refractivity (Wildman–Crippen MR) is 123 cm³/mol. The van der Waals surface area contributed by atoms with Crippen molar-refractivity contribution in [2.75, 3.05) is 0 Å². The van der Waals surface area contributed by atoms with Crippen LogP contribution in [-0.4, -0.2) is 15.3 Å². The molecule has 0 aliphatic rings. The molecule has 0 aromatic heterocycles. The second-order valence-electron chi connectivity index (χ2n) is 10.0. The number of hydrogen-bond donors (Lipinski definition) is 3. The molecule has 3 aromatic rings. The Kier molecular flexibility index (Phi) is 5.60. The number of benzene rings is 3. The molecule has 0 radical (unpaired) electrons. The Morgan fingerprint density at radius 1 is 0.567 bits per heavy atom. The molecular formula is C27H32O3. The molecule has 30 heavy (non-hydrogen) atoms. The average Bonchev–Trinajstić information content (AvgIpc) is 2.64. The van der Waals surface area contributed by atoms with Gasteiger partial charge in [0, 0.05) is 11.5 Å². The second-order valence-corrected chi connectivity index (χ2v) is 10.0. The van der Waals surface area contributed by atoms with Crippen LogP contribution in [0.25, 0.3) is 0 Å². The lowest BCUT2D eigenvalue weighted by Gasteiger charge is -2.27. The van der Waals surface area contributed by atoms with Crippen LogP contribution in [0.15, 0.2) is 60.7 Å². The highest BCUT2D eigenvalue weighted by Gasteiger charge is 2.26. The fourth-order valence-electron chi connectivity index (χ4n) is 3.95. The Morgan fingerprint density at radius 3 is 1.40 bits per heavy atom. The van der Waals surface area contributed by atoms with Gasteiger partial charge in [0.05, 0.1) is 0 Å². The van der Waals surface area contributed by atoms with E-state index in [1.54, 1.807) is 18.2 Å². The van der Waals surface area contributed by atoms with Gasteiger partial charge in [0.1, 0.15) is 17.2 Å². The molecule has 0 atom stereocenters. The average molecular weight is 405 g/mol. The van der Waals surface area contributed by atoms with Crippen molar-refractivity contribution in [2.24, 2.45) is 0 Å². The van der Waals surface area contributed by atoms with Crippen molar-refractivity contribution in [1.29, 1.82) is 0 Å². The van der Waals surface area contributed by atoms with E-state index in [0.29, 0.717) is 0 Å². The summed E-state index contributed by atoms with van der Waals surface area (Å²) in [6.45, 7) is 12.4. The number of rotatable bonds is 3. The molecule has 0 amide bonds. The molecule has 0 aliphatic carbocycles. The Hall–Kier alpha value is -2.94. The zero-order valence-corrected chi connectivity index (χ0v) is 18.7. The van der Waals surface area contributed by atoms with Gasteiger partial charge >= 0.3 is 0 Å². The molecule has 0 unspecified atom stereocenters. The molecule has 3 nitrogen and oxygen atoms in total. The van der Waals surface area contributed by atoms with Crippen molar-refractivity contribution >= 4 is 0 Å². The minimum Gasteiger partial charge on any atom is -0.508 e. The third-order valence-corrected chi connectivity index (χ3v) is 5.57. The fraction of sp³-hybridized carbons (Fsp3) is 0.333. The molecule has 0 spiro atoms. The molecule has 0 saturated carbocycles. The van der Waals surface area contributed by atoms with Crippen LogP contribution in [0, 0.1) is 0 Å². The van der Waals surface area contributed by atoms with E-state index in [2.05, 4.69) is 41.5 Å². The van der Waals surface area contributed by atoms with Crippen LogP contribution in [0.4, 0.5) is 0 Å². The van der Waals surface area contributed by atoms with Crippen molar-refractivity contribution in [2.45, 2.75) is 58.3 Å². The van der Waals surface area contributed by atoms with Gasteiger partial charge in [0.2, 0.25) is 0 Å². The van der Waals surface area contributed by atoms with Crippen LogP contribution in [0.3, 0.4) is 0 Å².